The Morgan fingerprint density at radius 3 is 2.91 bits per heavy atom. The molecule has 0 saturated carbocycles. The molecule has 1 amide bonds. The summed E-state index contributed by atoms with van der Waals surface area (Å²) in [4.78, 5) is 32.2. The van der Waals surface area contributed by atoms with E-state index in [2.05, 4.69) is 11.1 Å². The zero-order valence-electron chi connectivity index (χ0n) is 13.1. The van der Waals surface area contributed by atoms with Gasteiger partial charge < -0.3 is 9.64 Å². The van der Waals surface area contributed by atoms with E-state index in [4.69, 9.17) is 4.74 Å². The average Bonchev–Trinajstić information content (AvgIpc) is 3.23. The van der Waals surface area contributed by atoms with E-state index in [1.54, 1.807) is 18.3 Å². The van der Waals surface area contributed by atoms with Crippen LogP contribution in [-0.4, -0.2) is 34.9 Å². The topological polar surface area (TPSA) is 59.5 Å². The molecule has 0 spiro atoms. The number of rotatable bonds is 4. The molecule has 5 nitrogen and oxygen atoms in total. The van der Waals surface area contributed by atoms with Crippen LogP contribution in [0.3, 0.4) is 0 Å². The van der Waals surface area contributed by atoms with Crippen LogP contribution in [0.5, 0.6) is 0 Å². The number of nitrogens with zero attached hydrogens (tertiary/aromatic N) is 2. The van der Waals surface area contributed by atoms with Gasteiger partial charge in [-0.05, 0) is 38.1 Å². The number of amides is 1. The second-order valence-corrected chi connectivity index (χ2v) is 7.67. The van der Waals surface area contributed by atoms with Crippen LogP contribution in [0, 0.1) is 13.8 Å². The first-order valence-corrected chi connectivity index (χ1v) is 9.20. The number of hydrogen-bond acceptors (Lipinski definition) is 6. The van der Waals surface area contributed by atoms with Gasteiger partial charge in [-0.3, -0.25) is 4.79 Å². The van der Waals surface area contributed by atoms with Crippen molar-refractivity contribution in [3.8, 4) is 0 Å². The zero-order valence-corrected chi connectivity index (χ0v) is 14.7. The van der Waals surface area contributed by atoms with Gasteiger partial charge in [0.15, 0.2) is 6.61 Å². The third-order valence-electron chi connectivity index (χ3n) is 3.86. The third-order valence-corrected chi connectivity index (χ3v) is 5.89. The molecule has 1 saturated heterocycles. The molecule has 2 aromatic rings. The third kappa shape index (κ3) is 3.45. The summed E-state index contributed by atoms with van der Waals surface area (Å²) in [6.07, 6.45) is 1.95. The van der Waals surface area contributed by atoms with E-state index in [0.29, 0.717) is 10.6 Å². The Kier molecular flexibility index (Phi) is 4.77. The van der Waals surface area contributed by atoms with Crippen molar-refractivity contribution in [3.63, 3.8) is 0 Å². The van der Waals surface area contributed by atoms with Gasteiger partial charge in [0, 0.05) is 11.4 Å². The highest BCUT2D eigenvalue weighted by Gasteiger charge is 2.31. The maximum absolute atomic E-state index is 12.4. The SMILES string of the molecule is Cc1nc(C)c(C(=O)OCC(=O)N2CCCC2c2cccs2)s1. The van der Waals surface area contributed by atoms with Crippen molar-refractivity contribution < 1.29 is 14.3 Å². The first-order valence-electron chi connectivity index (χ1n) is 7.50. The quantitative estimate of drug-likeness (QED) is 0.794. The molecule has 122 valence electrons. The molecule has 3 rings (SSSR count). The van der Waals surface area contributed by atoms with Crippen LogP contribution in [0.15, 0.2) is 17.5 Å². The van der Waals surface area contributed by atoms with Gasteiger partial charge in [-0.25, -0.2) is 9.78 Å². The van der Waals surface area contributed by atoms with E-state index in [0.717, 1.165) is 24.4 Å². The number of carbonyl (C=O) groups is 2. The lowest BCUT2D eigenvalue weighted by Crippen LogP contribution is -2.34. The van der Waals surface area contributed by atoms with Crippen LogP contribution >= 0.6 is 22.7 Å². The molecule has 1 fully saturated rings. The summed E-state index contributed by atoms with van der Waals surface area (Å²) in [7, 11) is 0. The molecule has 1 aliphatic heterocycles. The van der Waals surface area contributed by atoms with Crippen molar-refractivity contribution in [1.82, 2.24) is 9.88 Å². The Morgan fingerprint density at radius 1 is 1.43 bits per heavy atom. The smallest absolute Gasteiger partial charge is 0.350 e. The van der Waals surface area contributed by atoms with Crippen LogP contribution in [-0.2, 0) is 9.53 Å². The molecular weight excluding hydrogens is 332 g/mol. The van der Waals surface area contributed by atoms with Gasteiger partial charge in [-0.2, -0.15) is 0 Å². The molecule has 1 aliphatic rings. The lowest BCUT2D eigenvalue weighted by atomic mass is 10.2. The minimum Gasteiger partial charge on any atom is -0.451 e. The summed E-state index contributed by atoms with van der Waals surface area (Å²) in [5, 5.41) is 2.84. The van der Waals surface area contributed by atoms with Gasteiger partial charge in [0.1, 0.15) is 4.88 Å². The molecule has 1 unspecified atom stereocenters. The standard InChI is InChI=1S/C16H18N2O3S2/c1-10-15(23-11(2)17-10)16(20)21-9-14(19)18-7-3-5-12(18)13-6-4-8-22-13/h4,6,8,12H,3,5,7,9H2,1-2H3. The van der Waals surface area contributed by atoms with Crippen LogP contribution in [0.2, 0.25) is 0 Å². The number of aromatic nitrogens is 1. The van der Waals surface area contributed by atoms with Crippen LogP contribution in [0.25, 0.3) is 0 Å². The molecule has 0 radical (unpaired) electrons. The summed E-state index contributed by atoms with van der Waals surface area (Å²) in [6, 6.07) is 4.17. The Bertz CT molecular complexity index is 709. The van der Waals surface area contributed by atoms with Crippen LogP contribution in [0.1, 0.15) is 44.1 Å². The summed E-state index contributed by atoms with van der Waals surface area (Å²) < 4.78 is 5.21. The first kappa shape index (κ1) is 16.1. The lowest BCUT2D eigenvalue weighted by molar-refractivity contribution is -0.135. The fourth-order valence-corrected chi connectivity index (χ4v) is 4.53. The molecule has 0 aliphatic carbocycles. The highest BCUT2D eigenvalue weighted by Crippen LogP contribution is 2.34. The Balaban J connectivity index is 1.61. The molecule has 1 atom stereocenters. The normalized spacial score (nSPS) is 17.5. The highest BCUT2D eigenvalue weighted by atomic mass is 32.1. The second kappa shape index (κ2) is 6.80. The van der Waals surface area contributed by atoms with Crippen molar-refractivity contribution in [2.24, 2.45) is 0 Å². The monoisotopic (exact) mass is 350 g/mol. The molecule has 0 bridgehead atoms. The number of ether oxygens (including phenoxy) is 1. The van der Waals surface area contributed by atoms with E-state index in [1.807, 2.05) is 23.3 Å². The van der Waals surface area contributed by atoms with Gasteiger partial charge >= 0.3 is 5.97 Å². The minimum atomic E-state index is -0.465. The maximum Gasteiger partial charge on any atom is 0.350 e. The van der Waals surface area contributed by atoms with Crippen molar-refractivity contribution >= 4 is 34.6 Å². The lowest BCUT2D eigenvalue weighted by Gasteiger charge is -2.23. The molecule has 23 heavy (non-hydrogen) atoms. The van der Waals surface area contributed by atoms with Gasteiger partial charge in [0.05, 0.1) is 16.7 Å². The fraction of sp³-hybridized carbons (Fsp3) is 0.438. The predicted molar refractivity (Wildman–Crippen MR) is 89.9 cm³/mol. The Labute approximate surface area is 142 Å². The Morgan fingerprint density at radius 2 is 2.26 bits per heavy atom. The minimum absolute atomic E-state index is 0.119. The van der Waals surface area contributed by atoms with E-state index < -0.39 is 5.97 Å². The number of thiophene rings is 1. The van der Waals surface area contributed by atoms with Crippen molar-refractivity contribution in [2.45, 2.75) is 32.7 Å². The molecule has 0 aromatic carbocycles. The number of likely N-dealkylation sites (tertiary alicyclic amines) is 1. The largest absolute Gasteiger partial charge is 0.451 e. The molecular formula is C16H18N2O3S2. The van der Waals surface area contributed by atoms with Crippen molar-refractivity contribution in [2.75, 3.05) is 13.2 Å². The number of aryl methyl sites for hydroxylation is 2. The van der Waals surface area contributed by atoms with Gasteiger partial charge in [-0.15, -0.1) is 22.7 Å². The fourth-order valence-electron chi connectivity index (χ4n) is 2.84. The summed E-state index contributed by atoms with van der Waals surface area (Å²) >= 11 is 2.96. The summed E-state index contributed by atoms with van der Waals surface area (Å²) in [5.41, 5.74) is 0.655. The predicted octanol–water partition coefficient (Wildman–Crippen LogP) is 3.34. The van der Waals surface area contributed by atoms with Gasteiger partial charge in [0.25, 0.3) is 5.91 Å². The van der Waals surface area contributed by atoms with Gasteiger partial charge in [-0.1, -0.05) is 6.07 Å². The molecule has 7 heteroatoms. The van der Waals surface area contributed by atoms with Crippen LogP contribution < -0.4 is 0 Å². The van der Waals surface area contributed by atoms with Crippen molar-refractivity contribution in [1.29, 1.82) is 0 Å². The Hall–Kier alpha value is -1.73. The highest BCUT2D eigenvalue weighted by molar-refractivity contribution is 7.13. The first-order chi connectivity index (χ1) is 11.1. The van der Waals surface area contributed by atoms with E-state index in [1.165, 1.54) is 16.2 Å². The number of esters is 1. The number of hydrogen-bond donors (Lipinski definition) is 0. The molecule has 3 heterocycles. The van der Waals surface area contributed by atoms with E-state index in [-0.39, 0.29) is 18.6 Å². The second-order valence-electron chi connectivity index (χ2n) is 5.48. The average molecular weight is 350 g/mol. The number of thiazole rings is 1. The maximum atomic E-state index is 12.4. The summed E-state index contributed by atoms with van der Waals surface area (Å²) in [6.45, 7) is 4.12. The zero-order chi connectivity index (χ0) is 16.4. The summed E-state index contributed by atoms with van der Waals surface area (Å²) in [5.74, 6) is -0.596. The van der Waals surface area contributed by atoms with E-state index in [9.17, 15) is 9.59 Å². The van der Waals surface area contributed by atoms with E-state index >= 15 is 0 Å². The molecule has 2 aromatic heterocycles. The van der Waals surface area contributed by atoms with Crippen molar-refractivity contribution in [3.05, 3.63) is 38.0 Å². The number of carbonyl (C=O) groups excluding carboxylic acids is 2. The van der Waals surface area contributed by atoms with Crippen LogP contribution in [0.4, 0.5) is 0 Å². The molecule has 0 N–H and O–H groups in total. The van der Waals surface area contributed by atoms with Gasteiger partial charge in [0.2, 0.25) is 0 Å².